The van der Waals surface area contributed by atoms with Gasteiger partial charge in [-0.2, -0.15) is 0 Å². The van der Waals surface area contributed by atoms with Crippen molar-refractivity contribution in [2.24, 2.45) is 28.7 Å². The van der Waals surface area contributed by atoms with Crippen LogP contribution in [0.15, 0.2) is 0 Å². The third kappa shape index (κ3) is 24.3. The minimum Gasteiger partial charge on any atom is -0.448 e. The van der Waals surface area contributed by atoms with Crippen LogP contribution in [0.25, 0.3) is 0 Å². The van der Waals surface area contributed by atoms with Crippen LogP contribution >= 0.6 is 0 Å². The Bertz CT molecular complexity index is 512. The van der Waals surface area contributed by atoms with E-state index in [1.807, 2.05) is 0 Å². The normalized spacial score (nSPS) is 11.9. The van der Waals surface area contributed by atoms with Gasteiger partial charge in [0.05, 0.1) is 12.1 Å². The van der Waals surface area contributed by atoms with Crippen LogP contribution in [-0.4, -0.2) is 76.4 Å². The van der Waals surface area contributed by atoms with Gasteiger partial charge in [-0.15, -0.1) is 0 Å². The average molecular weight is 494 g/mol. The summed E-state index contributed by atoms with van der Waals surface area (Å²) in [6.07, 6.45) is 4.26. The smallest absolute Gasteiger partial charge is 0.407 e. The van der Waals surface area contributed by atoms with Crippen LogP contribution in [0.3, 0.4) is 0 Å². The van der Waals surface area contributed by atoms with E-state index in [9.17, 15) is 14.4 Å². The van der Waals surface area contributed by atoms with E-state index in [4.69, 9.17) is 42.9 Å². The number of carbonyl (C=O) groups excluding carboxylic acids is 3. The molecule has 12 N–H and O–H groups in total. The maximum Gasteiger partial charge on any atom is 0.407 e. The Morgan fingerprint density at radius 3 is 1.53 bits per heavy atom. The lowest BCUT2D eigenvalue weighted by Gasteiger charge is -2.21. The predicted octanol–water partition coefficient (Wildman–Crippen LogP) is 0.233. The minimum atomic E-state index is -0.927. The first kappa shape index (κ1) is 33.8. The summed E-state index contributed by atoms with van der Waals surface area (Å²) < 4.78 is 14.9. The zero-order valence-electron chi connectivity index (χ0n) is 20.6. The Morgan fingerprint density at radius 1 is 0.676 bits per heavy atom. The fourth-order valence-electron chi connectivity index (χ4n) is 2.60. The summed E-state index contributed by atoms with van der Waals surface area (Å²) in [5, 5.41) is 5.27. The maximum atomic E-state index is 12.1. The number of nitrogens with one attached hydrogen (secondary N) is 2. The first-order chi connectivity index (χ1) is 16.3. The van der Waals surface area contributed by atoms with Gasteiger partial charge in [0.25, 0.3) is 0 Å². The van der Waals surface area contributed by atoms with E-state index in [2.05, 4.69) is 17.6 Å². The van der Waals surface area contributed by atoms with Crippen LogP contribution in [0.5, 0.6) is 0 Å². The molecule has 0 aromatic carbocycles. The van der Waals surface area contributed by atoms with Crippen molar-refractivity contribution in [2.75, 3.05) is 46.0 Å². The predicted molar refractivity (Wildman–Crippen MR) is 131 cm³/mol. The summed E-state index contributed by atoms with van der Waals surface area (Å²) in [5.41, 5.74) is 26.4. The molecule has 13 nitrogen and oxygen atoms in total. The topological polar surface area (TPSA) is 233 Å². The largest absolute Gasteiger partial charge is 0.448 e. The van der Waals surface area contributed by atoms with Gasteiger partial charge in [-0.1, -0.05) is 26.2 Å². The highest BCUT2D eigenvalue weighted by Crippen LogP contribution is 2.04. The number of nitrogens with two attached hydrogens (primary N) is 5. The molecule has 0 radical (unpaired) electrons. The molecule has 0 fully saturated rings. The van der Waals surface area contributed by atoms with Crippen LogP contribution in [0.4, 0.5) is 14.4 Å². The van der Waals surface area contributed by atoms with E-state index >= 15 is 0 Å². The molecule has 0 aliphatic carbocycles. The van der Waals surface area contributed by atoms with Crippen LogP contribution in [0, 0.1) is 0 Å². The van der Waals surface area contributed by atoms with Gasteiger partial charge in [-0.25, -0.2) is 14.4 Å². The van der Waals surface area contributed by atoms with Gasteiger partial charge >= 0.3 is 18.3 Å². The first-order valence-corrected chi connectivity index (χ1v) is 11.9. The number of rotatable bonds is 18. The van der Waals surface area contributed by atoms with Crippen molar-refractivity contribution in [3.8, 4) is 0 Å². The quantitative estimate of drug-likeness (QED) is 0.101. The van der Waals surface area contributed by atoms with E-state index in [0.717, 1.165) is 32.2 Å². The van der Waals surface area contributed by atoms with Crippen molar-refractivity contribution < 1.29 is 28.6 Å². The van der Waals surface area contributed by atoms with Gasteiger partial charge in [-0.3, -0.25) is 0 Å². The SMILES string of the molecule is CCCCN.NCCCCC(COC(N)=O)NC(=O)OCC(CCCCN)NC(=O)OCCN. The summed E-state index contributed by atoms with van der Waals surface area (Å²) >= 11 is 0. The van der Waals surface area contributed by atoms with Crippen LogP contribution in [0.2, 0.25) is 0 Å². The number of unbranched alkanes of at least 4 members (excludes halogenated alkanes) is 3. The molecule has 0 aliphatic rings. The van der Waals surface area contributed by atoms with Crippen LogP contribution in [-0.2, 0) is 14.2 Å². The summed E-state index contributed by atoms with van der Waals surface area (Å²) in [4.78, 5) is 34.6. The van der Waals surface area contributed by atoms with Crippen LogP contribution < -0.4 is 39.3 Å². The number of carbonyl (C=O) groups is 3. The molecule has 13 heteroatoms. The highest BCUT2D eigenvalue weighted by atomic mass is 16.6. The molecule has 0 spiro atoms. The molecule has 3 amide bonds. The molecule has 202 valence electrons. The Morgan fingerprint density at radius 2 is 1.15 bits per heavy atom. The number of ether oxygens (including phenoxy) is 3. The van der Waals surface area contributed by atoms with Crippen LogP contribution in [0.1, 0.15) is 58.3 Å². The third-order valence-corrected chi connectivity index (χ3v) is 4.41. The lowest BCUT2D eigenvalue weighted by atomic mass is 10.1. The maximum absolute atomic E-state index is 12.1. The summed E-state index contributed by atoms with van der Waals surface area (Å²) in [5.74, 6) is 0. The van der Waals surface area contributed by atoms with E-state index < -0.39 is 30.4 Å². The fourth-order valence-corrected chi connectivity index (χ4v) is 2.60. The summed E-state index contributed by atoms with van der Waals surface area (Å²) in [6.45, 7) is 4.19. The van der Waals surface area contributed by atoms with Crippen molar-refractivity contribution in [2.45, 2.75) is 70.4 Å². The first-order valence-electron chi connectivity index (χ1n) is 11.9. The van der Waals surface area contributed by atoms with E-state index in [-0.39, 0.29) is 26.4 Å². The van der Waals surface area contributed by atoms with Crippen molar-refractivity contribution in [1.82, 2.24) is 10.6 Å². The molecule has 2 atom stereocenters. The molecule has 0 heterocycles. The van der Waals surface area contributed by atoms with Crippen molar-refractivity contribution in [3.05, 3.63) is 0 Å². The minimum absolute atomic E-state index is 0.0552. The molecule has 0 aromatic rings. The molecule has 0 bridgehead atoms. The van der Waals surface area contributed by atoms with Gasteiger partial charge in [0, 0.05) is 6.54 Å². The number of hydrogen-bond acceptors (Lipinski definition) is 10. The Hall–Kier alpha value is -2.35. The fraction of sp³-hybridized carbons (Fsp3) is 0.857. The molecule has 0 saturated carbocycles. The number of alkyl carbamates (subject to hydrolysis) is 2. The molecule has 34 heavy (non-hydrogen) atoms. The average Bonchev–Trinajstić information content (AvgIpc) is 2.80. The molecule has 0 aliphatic heterocycles. The van der Waals surface area contributed by atoms with Gasteiger partial charge in [0.1, 0.15) is 19.8 Å². The van der Waals surface area contributed by atoms with Gasteiger partial charge in [-0.05, 0) is 51.7 Å². The Labute approximate surface area is 203 Å². The van der Waals surface area contributed by atoms with Crippen molar-refractivity contribution in [1.29, 1.82) is 0 Å². The number of hydrogen-bond donors (Lipinski definition) is 7. The van der Waals surface area contributed by atoms with Crippen molar-refractivity contribution in [3.63, 3.8) is 0 Å². The zero-order valence-corrected chi connectivity index (χ0v) is 20.6. The Balaban J connectivity index is 0. The van der Waals surface area contributed by atoms with E-state index in [0.29, 0.717) is 25.9 Å². The second kappa shape index (κ2) is 25.3. The monoisotopic (exact) mass is 493 g/mol. The molecular formula is C21H47N7O6. The molecule has 2 unspecified atom stereocenters. The van der Waals surface area contributed by atoms with Gasteiger partial charge < -0.3 is 53.5 Å². The molecular weight excluding hydrogens is 446 g/mol. The highest BCUT2D eigenvalue weighted by molar-refractivity contribution is 5.69. The summed E-state index contributed by atoms with van der Waals surface area (Å²) in [7, 11) is 0. The van der Waals surface area contributed by atoms with Crippen molar-refractivity contribution >= 4 is 18.3 Å². The molecule has 0 rings (SSSR count). The standard InChI is InChI=1S/C17H36N6O6.C4H11N/c18-7-3-1-5-13(11-28-15(21)24)23-17(26)29-12-14(6-2-4-8-19)22-16(25)27-10-9-20;1-2-3-4-5/h13-14H,1-12,18-20H2,(H2,21,24)(H,22,25)(H,23,26);2-5H2,1H3. The second-order valence-electron chi connectivity index (χ2n) is 7.55. The lowest BCUT2D eigenvalue weighted by Crippen LogP contribution is -2.43. The molecule has 0 aromatic heterocycles. The van der Waals surface area contributed by atoms with E-state index in [1.54, 1.807) is 0 Å². The molecule has 0 saturated heterocycles. The third-order valence-electron chi connectivity index (χ3n) is 4.41. The van der Waals surface area contributed by atoms with E-state index in [1.165, 1.54) is 12.8 Å². The Kier molecular flexibility index (Phi) is 25.1. The highest BCUT2D eigenvalue weighted by Gasteiger charge is 2.18. The summed E-state index contributed by atoms with van der Waals surface area (Å²) in [6, 6.07) is -0.894. The van der Waals surface area contributed by atoms with Gasteiger partial charge in [0.2, 0.25) is 0 Å². The number of amides is 3. The second-order valence-corrected chi connectivity index (χ2v) is 7.55. The lowest BCUT2D eigenvalue weighted by molar-refractivity contribution is 0.107. The van der Waals surface area contributed by atoms with Gasteiger partial charge in [0.15, 0.2) is 0 Å². The zero-order chi connectivity index (χ0) is 26.0. The number of primary amides is 1.